The number of nitrogens with one attached hydrogen (secondary N) is 1. The zero-order valence-corrected chi connectivity index (χ0v) is 11.5. The molecular weight excluding hydrogens is 230 g/mol. The Bertz CT molecular complexity index is 382. The van der Waals surface area contributed by atoms with Crippen LogP contribution in [0.15, 0.2) is 11.6 Å². The van der Waals surface area contributed by atoms with E-state index in [4.69, 9.17) is 0 Å². The molecule has 94 valence electrons. The van der Waals surface area contributed by atoms with Gasteiger partial charge in [0.15, 0.2) is 0 Å². The average molecular weight is 251 g/mol. The zero-order valence-electron chi connectivity index (χ0n) is 10.7. The van der Waals surface area contributed by atoms with Gasteiger partial charge in [0.05, 0.1) is 0 Å². The van der Waals surface area contributed by atoms with Crippen LogP contribution in [0.5, 0.6) is 0 Å². The van der Waals surface area contributed by atoms with Crippen LogP contribution in [0, 0.1) is 0 Å². The molecule has 0 saturated carbocycles. The van der Waals surface area contributed by atoms with Crippen molar-refractivity contribution in [2.75, 3.05) is 11.9 Å². The predicted octanol–water partition coefficient (Wildman–Crippen LogP) is 3.96. The second-order valence-corrected chi connectivity index (χ2v) is 5.65. The van der Waals surface area contributed by atoms with Gasteiger partial charge >= 0.3 is 0 Å². The van der Waals surface area contributed by atoms with Crippen molar-refractivity contribution in [3.05, 3.63) is 17.5 Å². The third kappa shape index (κ3) is 3.80. The minimum absolute atomic E-state index is 0.419. The molecule has 0 spiro atoms. The summed E-state index contributed by atoms with van der Waals surface area (Å²) < 4.78 is 4.33. The van der Waals surface area contributed by atoms with E-state index in [0.29, 0.717) is 5.92 Å². The molecule has 0 saturated heterocycles. The van der Waals surface area contributed by atoms with Crippen LogP contribution in [0.2, 0.25) is 0 Å². The SMILES string of the molecule is CC(C)c1nsc(NCCC2=CCCCC2)n1. The fourth-order valence-electron chi connectivity index (χ4n) is 2.00. The Labute approximate surface area is 108 Å². The minimum Gasteiger partial charge on any atom is -0.360 e. The van der Waals surface area contributed by atoms with Gasteiger partial charge in [0.2, 0.25) is 5.13 Å². The van der Waals surface area contributed by atoms with Gasteiger partial charge in [-0.2, -0.15) is 4.37 Å². The van der Waals surface area contributed by atoms with Crippen LogP contribution in [0.3, 0.4) is 0 Å². The molecule has 0 aliphatic heterocycles. The van der Waals surface area contributed by atoms with Gasteiger partial charge in [0, 0.05) is 24.0 Å². The first-order valence-corrected chi connectivity index (χ1v) is 7.28. The maximum absolute atomic E-state index is 4.47. The van der Waals surface area contributed by atoms with Crippen LogP contribution in [0.4, 0.5) is 5.13 Å². The summed E-state index contributed by atoms with van der Waals surface area (Å²) >= 11 is 1.47. The molecule has 1 aromatic heterocycles. The van der Waals surface area contributed by atoms with E-state index < -0.39 is 0 Å². The molecular formula is C13H21N3S. The summed E-state index contributed by atoms with van der Waals surface area (Å²) in [5, 5.41) is 4.33. The van der Waals surface area contributed by atoms with Crippen LogP contribution in [-0.2, 0) is 0 Å². The Balaban J connectivity index is 1.75. The van der Waals surface area contributed by atoms with E-state index in [-0.39, 0.29) is 0 Å². The van der Waals surface area contributed by atoms with Gasteiger partial charge < -0.3 is 5.32 Å². The predicted molar refractivity (Wildman–Crippen MR) is 73.7 cm³/mol. The van der Waals surface area contributed by atoms with Crippen molar-refractivity contribution in [3.8, 4) is 0 Å². The highest BCUT2D eigenvalue weighted by atomic mass is 32.1. The lowest BCUT2D eigenvalue weighted by Crippen LogP contribution is -2.04. The largest absolute Gasteiger partial charge is 0.360 e. The second-order valence-electron chi connectivity index (χ2n) is 4.90. The maximum Gasteiger partial charge on any atom is 0.202 e. The number of hydrogen-bond acceptors (Lipinski definition) is 4. The fourth-order valence-corrected chi connectivity index (χ4v) is 2.74. The van der Waals surface area contributed by atoms with E-state index in [1.807, 2.05) is 0 Å². The average Bonchev–Trinajstić information content (AvgIpc) is 2.79. The Morgan fingerprint density at radius 1 is 1.41 bits per heavy atom. The van der Waals surface area contributed by atoms with Gasteiger partial charge in [-0.1, -0.05) is 25.5 Å². The monoisotopic (exact) mass is 251 g/mol. The molecule has 0 aromatic carbocycles. The number of nitrogens with zero attached hydrogens (tertiary/aromatic N) is 2. The zero-order chi connectivity index (χ0) is 12.1. The molecule has 1 N–H and O–H groups in total. The van der Waals surface area contributed by atoms with E-state index in [1.165, 1.54) is 37.2 Å². The van der Waals surface area contributed by atoms with Crippen molar-refractivity contribution in [1.82, 2.24) is 9.36 Å². The van der Waals surface area contributed by atoms with E-state index in [2.05, 4.69) is 34.6 Å². The van der Waals surface area contributed by atoms with Crippen LogP contribution in [-0.4, -0.2) is 15.9 Å². The van der Waals surface area contributed by atoms with Crippen molar-refractivity contribution in [1.29, 1.82) is 0 Å². The number of hydrogen-bond donors (Lipinski definition) is 1. The Morgan fingerprint density at radius 2 is 2.29 bits per heavy atom. The summed E-state index contributed by atoms with van der Waals surface area (Å²) in [7, 11) is 0. The number of anilines is 1. The number of aromatic nitrogens is 2. The molecule has 1 aromatic rings. The van der Waals surface area contributed by atoms with Gasteiger partial charge in [-0.15, -0.1) is 0 Å². The summed E-state index contributed by atoms with van der Waals surface area (Å²) in [5.41, 5.74) is 1.61. The highest BCUT2D eigenvalue weighted by Gasteiger charge is 2.07. The molecule has 1 heterocycles. The molecule has 0 radical (unpaired) electrons. The molecule has 17 heavy (non-hydrogen) atoms. The van der Waals surface area contributed by atoms with Gasteiger partial charge in [-0.05, 0) is 32.1 Å². The highest BCUT2D eigenvalue weighted by Crippen LogP contribution is 2.21. The van der Waals surface area contributed by atoms with Crippen LogP contribution in [0.1, 0.15) is 57.7 Å². The molecule has 0 bridgehead atoms. The summed E-state index contributed by atoms with van der Waals surface area (Å²) in [6.07, 6.45) is 8.84. The third-order valence-electron chi connectivity index (χ3n) is 3.07. The van der Waals surface area contributed by atoms with Gasteiger partial charge in [-0.25, -0.2) is 4.98 Å². The summed E-state index contributed by atoms with van der Waals surface area (Å²) in [6, 6.07) is 0. The van der Waals surface area contributed by atoms with Crippen molar-refractivity contribution in [2.24, 2.45) is 0 Å². The summed E-state index contributed by atoms with van der Waals surface area (Å²) in [6.45, 7) is 5.23. The van der Waals surface area contributed by atoms with Crippen molar-refractivity contribution in [3.63, 3.8) is 0 Å². The molecule has 0 amide bonds. The normalized spacial score (nSPS) is 16.1. The smallest absolute Gasteiger partial charge is 0.202 e. The summed E-state index contributed by atoms with van der Waals surface area (Å²) in [4.78, 5) is 4.47. The summed E-state index contributed by atoms with van der Waals surface area (Å²) in [5.74, 6) is 1.37. The third-order valence-corrected chi connectivity index (χ3v) is 3.75. The van der Waals surface area contributed by atoms with Crippen molar-refractivity contribution < 1.29 is 0 Å². The van der Waals surface area contributed by atoms with Gasteiger partial charge in [-0.3, -0.25) is 0 Å². The van der Waals surface area contributed by atoms with Gasteiger partial charge in [0.25, 0.3) is 0 Å². The first-order valence-electron chi connectivity index (χ1n) is 6.51. The molecule has 0 atom stereocenters. The quantitative estimate of drug-likeness (QED) is 0.805. The Morgan fingerprint density at radius 3 is 2.94 bits per heavy atom. The molecule has 0 unspecified atom stereocenters. The highest BCUT2D eigenvalue weighted by molar-refractivity contribution is 7.09. The first kappa shape index (κ1) is 12.6. The van der Waals surface area contributed by atoms with Crippen LogP contribution >= 0.6 is 11.5 Å². The molecule has 2 rings (SSSR count). The number of allylic oxidation sites excluding steroid dienone is 1. The fraction of sp³-hybridized carbons (Fsp3) is 0.692. The van der Waals surface area contributed by atoms with Crippen LogP contribution < -0.4 is 5.32 Å². The van der Waals surface area contributed by atoms with E-state index in [1.54, 1.807) is 5.57 Å². The lowest BCUT2D eigenvalue weighted by molar-refractivity contribution is 0.679. The minimum atomic E-state index is 0.419. The lowest BCUT2D eigenvalue weighted by atomic mass is 9.97. The molecule has 1 aliphatic carbocycles. The van der Waals surface area contributed by atoms with Crippen molar-refractivity contribution in [2.45, 2.75) is 51.9 Å². The van der Waals surface area contributed by atoms with Crippen LogP contribution in [0.25, 0.3) is 0 Å². The van der Waals surface area contributed by atoms with E-state index in [0.717, 1.165) is 23.9 Å². The lowest BCUT2D eigenvalue weighted by Gasteiger charge is -2.12. The standard InChI is InChI=1S/C13H21N3S/c1-10(2)12-15-13(17-16-12)14-9-8-11-6-4-3-5-7-11/h6,10H,3-5,7-9H2,1-2H3,(H,14,15,16). The molecule has 1 aliphatic rings. The first-order chi connectivity index (χ1) is 8.25. The van der Waals surface area contributed by atoms with E-state index >= 15 is 0 Å². The molecule has 0 fully saturated rings. The van der Waals surface area contributed by atoms with E-state index in [9.17, 15) is 0 Å². The maximum atomic E-state index is 4.47. The molecule has 3 nitrogen and oxygen atoms in total. The Hall–Kier alpha value is -0.900. The van der Waals surface area contributed by atoms with Gasteiger partial charge in [0.1, 0.15) is 5.82 Å². The number of rotatable bonds is 5. The Kier molecular flexibility index (Phi) is 4.54. The second kappa shape index (κ2) is 6.15. The molecule has 4 heteroatoms. The topological polar surface area (TPSA) is 37.8 Å². The van der Waals surface area contributed by atoms with Crippen molar-refractivity contribution >= 4 is 16.7 Å².